The van der Waals surface area contributed by atoms with Gasteiger partial charge in [-0.05, 0) is 19.0 Å². The minimum absolute atomic E-state index is 0.0264. The number of hydrogen-bond donors (Lipinski definition) is 1. The van der Waals surface area contributed by atoms with Crippen LogP contribution in [-0.2, 0) is 4.74 Å². The van der Waals surface area contributed by atoms with Crippen LogP contribution in [0.2, 0.25) is 5.02 Å². The summed E-state index contributed by atoms with van der Waals surface area (Å²) >= 11 is 6.11. The molecule has 0 saturated carbocycles. The maximum absolute atomic E-state index is 6.11. The molecule has 2 N–H and O–H groups in total. The van der Waals surface area contributed by atoms with E-state index in [1.807, 2.05) is 24.3 Å². The van der Waals surface area contributed by atoms with Gasteiger partial charge in [0.15, 0.2) is 5.90 Å². The van der Waals surface area contributed by atoms with Gasteiger partial charge in [0.25, 0.3) is 0 Å². The summed E-state index contributed by atoms with van der Waals surface area (Å²) in [6, 6.07) is 7.73. The van der Waals surface area contributed by atoms with Crippen LogP contribution in [0, 0.1) is 0 Å². The third-order valence-corrected chi connectivity index (χ3v) is 2.90. The van der Waals surface area contributed by atoms with E-state index in [1.54, 1.807) is 0 Å². The molecule has 4 heteroatoms. The van der Waals surface area contributed by atoms with Crippen molar-refractivity contribution in [2.45, 2.75) is 18.9 Å². The molecule has 0 saturated heterocycles. The van der Waals surface area contributed by atoms with E-state index in [4.69, 9.17) is 22.1 Å². The van der Waals surface area contributed by atoms with Crippen molar-refractivity contribution in [2.24, 2.45) is 10.7 Å². The Morgan fingerprint density at radius 2 is 2.25 bits per heavy atom. The molecule has 1 heterocycles. The largest absolute Gasteiger partial charge is 0.471 e. The Bertz CT molecular complexity index is 392. The van der Waals surface area contributed by atoms with Gasteiger partial charge in [0.05, 0.1) is 6.54 Å². The molecule has 1 aliphatic heterocycles. The van der Waals surface area contributed by atoms with E-state index >= 15 is 0 Å². The maximum atomic E-state index is 6.11. The van der Waals surface area contributed by atoms with Crippen molar-refractivity contribution < 1.29 is 4.74 Å². The van der Waals surface area contributed by atoms with Gasteiger partial charge in [-0.15, -0.1) is 0 Å². The van der Waals surface area contributed by atoms with Crippen LogP contribution in [0.15, 0.2) is 29.3 Å². The predicted molar refractivity (Wildman–Crippen MR) is 65.9 cm³/mol. The standard InChI is InChI=1S/C12H15ClN2O/c13-10-5-2-1-4-9(10)11-8-15-12(16-11)6-3-7-14/h1-2,4-5,11H,3,6-8,14H2. The maximum Gasteiger partial charge on any atom is 0.184 e. The summed E-state index contributed by atoms with van der Waals surface area (Å²) in [6.07, 6.45) is 1.70. The lowest BCUT2D eigenvalue weighted by atomic mass is 10.1. The molecule has 0 aliphatic carbocycles. The van der Waals surface area contributed by atoms with Crippen LogP contribution >= 0.6 is 11.6 Å². The second-order valence-electron chi connectivity index (χ2n) is 3.75. The first-order valence-electron chi connectivity index (χ1n) is 5.45. The topological polar surface area (TPSA) is 47.6 Å². The van der Waals surface area contributed by atoms with Crippen molar-refractivity contribution in [3.63, 3.8) is 0 Å². The van der Waals surface area contributed by atoms with Crippen LogP contribution in [0.3, 0.4) is 0 Å². The number of aliphatic imine (C=N–C) groups is 1. The van der Waals surface area contributed by atoms with E-state index in [0.717, 1.165) is 29.3 Å². The zero-order valence-electron chi connectivity index (χ0n) is 9.03. The fraction of sp³-hybridized carbons (Fsp3) is 0.417. The first kappa shape index (κ1) is 11.4. The number of ether oxygens (including phenoxy) is 1. The molecular weight excluding hydrogens is 224 g/mol. The number of nitrogens with two attached hydrogens (primary N) is 1. The quantitative estimate of drug-likeness (QED) is 0.876. The molecule has 1 aliphatic rings. The summed E-state index contributed by atoms with van der Waals surface area (Å²) in [4.78, 5) is 4.35. The average molecular weight is 239 g/mol. The van der Waals surface area contributed by atoms with Crippen LogP contribution in [0.5, 0.6) is 0 Å². The minimum atomic E-state index is -0.0264. The molecule has 0 bridgehead atoms. The molecule has 0 amide bonds. The molecule has 2 rings (SSSR count). The van der Waals surface area contributed by atoms with Crippen molar-refractivity contribution >= 4 is 17.5 Å². The molecule has 16 heavy (non-hydrogen) atoms. The molecule has 1 unspecified atom stereocenters. The molecule has 0 aromatic heterocycles. The van der Waals surface area contributed by atoms with Crippen molar-refractivity contribution in [3.05, 3.63) is 34.9 Å². The summed E-state index contributed by atoms with van der Waals surface area (Å²) in [5, 5.41) is 0.739. The number of nitrogens with zero attached hydrogens (tertiary/aromatic N) is 1. The van der Waals surface area contributed by atoms with Crippen LogP contribution in [-0.4, -0.2) is 19.0 Å². The fourth-order valence-electron chi connectivity index (χ4n) is 1.71. The summed E-state index contributed by atoms with van der Waals surface area (Å²) < 4.78 is 5.74. The van der Waals surface area contributed by atoms with Gasteiger partial charge in [-0.2, -0.15) is 0 Å². The minimum Gasteiger partial charge on any atom is -0.471 e. The van der Waals surface area contributed by atoms with E-state index < -0.39 is 0 Å². The lowest BCUT2D eigenvalue weighted by Gasteiger charge is -2.12. The highest BCUT2D eigenvalue weighted by Gasteiger charge is 2.22. The molecule has 1 atom stereocenters. The second kappa shape index (κ2) is 5.32. The molecule has 3 nitrogen and oxygen atoms in total. The molecule has 86 valence electrons. The summed E-state index contributed by atoms with van der Waals surface area (Å²) in [6.45, 7) is 1.32. The van der Waals surface area contributed by atoms with Gasteiger partial charge in [0.2, 0.25) is 0 Å². The normalized spacial score (nSPS) is 19.4. The van der Waals surface area contributed by atoms with E-state index in [1.165, 1.54) is 0 Å². The van der Waals surface area contributed by atoms with Crippen molar-refractivity contribution in [1.82, 2.24) is 0 Å². The average Bonchev–Trinajstić information content (AvgIpc) is 2.75. The predicted octanol–water partition coefficient (Wildman–Crippen LogP) is 2.55. The smallest absolute Gasteiger partial charge is 0.184 e. The number of benzene rings is 1. The molecule has 0 fully saturated rings. The highest BCUT2D eigenvalue weighted by atomic mass is 35.5. The van der Waals surface area contributed by atoms with Crippen molar-refractivity contribution in [1.29, 1.82) is 0 Å². The molecule has 1 aromatic carbocycles. The van der Waals surface area contributed by atoms with Crippen LogP contribution in [0.25, 0.3) is 0 Å². The van der Waals surface area contributed by atoms with Crippen molar-refractivity contribution in [3.8, 4) is 0 Å². The zero-order valence-corrected chi connectivity index (χ0v) is 9.78. The highest BCUT2D eigenvalue weighted by molar-refractivity contribution is 6.31. The van der Waals surface area contributed by atoms with Gasteiger partial charge in [0.1, 0.15) is 6.10 Å². The van der Waals surface area contributed by atoms with Gasteiger partial charge >= 0.3 is 0 Å². The van der Waals surface area contributed by atoms with E-state index in [0.29, 0.717) is 13.1 Å². The summed E-state index contributed by atoms with van der Waals surface area (Å²) in [5.41, 5.74) is 6.45. The van der Waals surface area contributed by atoms with Crippen LogP contribution < -0.4 is 5.73 Å². The fourth-order valence-corrected chi connectivity index (χ4v) is 1.97. The number of halogens is 1. The first-order valence-corrected chi connectivity index (χ1v) is 5.83. The van der Waals surface area contributed by atoms with Gasteiger partial charge in [-0.25, -0.2) is 0 Å². The Morgan fingerprint density at radius 3 is 3.00 bits per heavy atom. The summed E-state index contributed by atoms with van der Waals surface area (Å²) in [7, 11) is 0. The third kappa shape index (κ3) is 2.54. The Balaban J connectivity index is 1.98. The summed E-state index contributed by atoms with van der Waals surface area (Å²) in [5.74, 6) is 0.801. The third-order valence-electron chi connectivity index (χ3n) is 2.56. The lowest BCUT2D eigenvalue weighted by Crippen LogP contribution is -2.08. The SMILES string of the molecule is NCCCC1=NCC(c2ccccc2Cl)O1. The number of rotatable bonds is 4. The van der Waals surface area contributed by atoms with Gasteiger partial charge in [0, 0.05) is 17.0 Å². The Labute approximate surface area is 100 Å². The molecular formula is C12H15ClN2O. The second-order valence-corrected chi connectivity index (χ2v) is 4.16. The zero-order chi connectivity index (χ0) is 11.4. The molecule has 0 radical (unpaired) electrons. The number of hydrogen-bond acceptors (Lipinski definition) is 3. The lowest BCUT2D eigenvalue weighted by molar-refractivity contribution is 0.223. The van der Waals surface area contributed by atoms with Gasteiger partial charge < -0.3 is 10.5 Å². The van der Waals surface area contributed by atoms with E-state index in [2.05, 4.69) is 4.99 Å². The Morgan fingerprint density at radius 1 is 1.44 bits per heavy atom. The Hall–Kier alpha value is -1.06. The van der Waals surface area contributed by atoms with Crippen LogP contribution in [0.1, 0.15) is 24.5 Å². The van der Waals surface area contributed by atoms with Crippen LogP contribution in [0.4, 0.5) is 0 Å². The molecule has 1 aromatic rings. The molecule has 0 spiro atoms. The van der Waals surface area contributed by atoms with Gasteiger partial charge in [-0.1, -0.05) is 29.8 Å². The van der Waals surface area contributed by atoms with Crippen molar-refractivity contribution in [2.75, 3.05) is 13.1 Å². The van der Waals surface area contributed by atoms with E-state index in [9.17, 15) is 0 Å². The van der Waals surface area contributed by atoms with Gasteiger partial charge in [-0.3, -0.25) is 4.99 Å². The monoisotopic (exact) mass is 238 g/mol. The highest BCUT2D eigenvalue weighted by Crippen LogP contribution is 2.29. The first-order chi connectivity index (χ1) is 7.81. The Kier molecular flexibility index (Phi) is 3.80. The van der Waals surface area contributed by atoms with E-state index in [-0.39, 0.29) is 6.10 Å².